The van der Waals surface area contributed by atoms with E-state index in [4.69, 9.17) is 9.47 Å². The van der Waals surface area contributed by atoms with Crippen molar-refractivity contribution in [2.45, 2.75) is 25.8 Å². The molecule has 0 saturated heterocycles. The first-order valence-electron chi connectivity index (χ1n) is 6.87. The van der Waals surface area contributed by atoms with Crippen LogP contribution in [0.25, 0.3) is 0 Å². The molecule has 1 unspecified atom stereocenters. The van der Waals surface area contributed by atoms with E-state index in [9.17, 15) is 9.59 Å². The first kappa shape index (κ1) is 18.8. The molecule has 0 saturated carbocycles. The molecule has 0 rings (SSSR count). The number of rotatable bonds is 12. The van der Waals surface area contributed by atoms with E-state index in [-0.39, 0.29) is 17.9 Å². The summed E-state index contributed by atoms with van der Waals surface area (Å²) in [5.74, 6) is -0.122. The predicted octanol–water partition coefficient (Wildman–Crippen LogP) is -0.730. The van der Waals surface area contributed by atoms with E-state index in [1.807, 2.05) is 0 Å². The molecular formula is C13H27N3O4. The lowest BCUT2D eigenvalue weighted by molar-refractivity contribution is -0.124. The maximum atomic E-state index is 11.7. The highest BCUT2D eigenvalue weighted by molar-refractivity contribution is 5.81. The molecule has 0 bridgehead atoms. The van der Waals surface area contributed by atoms with Gasteiger partial charge in [0.15, 0.2) is 0 Å². The Morgan fingerprint density at radius 2 is 1.70 bits per heavy atom. The molecule has 0 aromatic heterocycles. The monoisotopic (exact) mass is 289 g/mol. The number of carbonyl (C=O) groups is 2. The van der Waals surface area contributed by atoms with Crippen LogP contribution in [0.1, 0.15) is 19.8 Å². The zero-order valence-electron chi connectivity index (χ0n) is 12.7. The van der Waals surface area contributed by atoms with Crippen LogP contribution in [0.3, 0.4) is 0 Å². The Balaban J connectivity index is 3.57. The Hall–Kier alpha value is -1.18. The minimum Gasteiger partial charge on any atom is -0.385 e. The minimum absolute atomic E-state index is 0.0535. The maximum absolute atomic E-state index is 11.7. The molecule has 0 aromatic rings. The summed E-state index contributed by atoms with van der Waals surface area (Å²) >= 11 is 0. The fourth-order valence-corrected chi connectivity index (χ4v) is 1.46. The third-order valence-electron chi connectivity index (χ3n) is 2.65. The minimum atomic E-state index is -0.315. The van der Waals surface area contributed by atoms with Gasteiger partial charge in [0.05, 0.1) is 12.6 Å². The van der Waals surface area contributed by atoms with E-state index in [2.05, 4.69) is 16.0 Å². The predicted molar refractivity (Wildman–Crippen MR) is 76.5 cm³/mol. The normalized spacial score (nSPS) is 11.9. The third kappa shape index (κ3) is 10.7. The molecule has 0 aromatic carbocycles. The topological polar surface area (TPSA) is 88.7 Å². The van der Waals surface area contributed by atoms with Crippen molar-refractivity contribution in [2.75, 3.05) is 47.1 Å². The molecule has 7 heteroatoms. The first-order valence-corrected chi connectivity index (χ1v) is 6.87. The molecule has 0 aliphatic rings. The number of nitrogens with one attached hydrogen (secondary N) is 3. The molecule has 0 radical (unpaired) electrons. The second-order valence-corrected chi connectivity index (χ2v) is 4.41. The van der Waals surface area contributed by atoms with Crippen LogP contribution in [-0.4, -0.2) is 64.9 Å². The van der Waals surface area contributed by atoms with E-state index in [0.29, 0.717) is 39.3 Å². The molecule has 0 heterocycles. The highest BCUT2D eigenvalue weighted by Gasteiger charge is 2.11. The SMILES string of the molecule is COCCCNC(=O)C(C)NCCC(=O)NCCOC. The van der Waals surface area contributed by atoms with Crippen LogP contribution in [0, 0.1) is 0 Å². The van der Waals surface area contributed by atoms with Gasteiger partial charge in [0.25, 0.3) is 0 Å². The molecule has 0 spiro atoms. The van der Waals surface area contributed by atoms with Crippen LogP contribution in [0.4, 0.5) is 0 Å². The van der Waals surface area contributed by atoms with Gasteiger partial charge in [-0.05, 0) is 13.3 Å². The average Bonchev–Trinajstić information content (AvgIpc) is 2.43. The summed E-state index contributed by atoms with van der Waals surface area (Å²) in [5, 5.41) is 8.52. The smallest absolute Gasteiger partial charge is 0.236 e. The van der Waals surface area contributed by atoms with E-state index in [1.165, 1.54) is 0 Å². The third-order valence-corrected chi connectivity index (χ3v) is 2.65. The zero-order chi connectivity index (χ0) is 15.2. The molecule has 2 amide bonds. The van der Waals surface area contributed by atoms with E-state index in [1.54, 1.807) is 21.1 Å². The highest BCUT2D eigenvalue weighted by atomic mass is 16.5. The highest BCUT2D eigenvalue weighted by Crippen LogP contribution is 1.86. The van der Waals surface area contributed by atoms with Crippen molar-refractivity contribution in [1.82, 2.24) is 16.0 Å². The molecule has 20 heavy (non-hydrogen) atoms. The lowest BCUT2D eigenvalue weighted by Crippen LogP contribution is -2.43. The average molecular weight is 289 g/mol. The van der Waals surface area contributed by atoms with E-state index in [0.717, 1.165) is 6.42 Å². The summed E-state index contributed by atoms with van der Waals surface area (Å²) < 4.78 is 9.72. The summed E-state index contributed by atoms with van der Waals surface area (Å²) in [4.78, 5) is 23.1. The van der Waals surface area contributed by atoms with Crippen LogP contribution in [-0.2, 0) is 19.1 Å². The number of amides is 2. The summed E-state index contributed by atoms with van der Waals surface area (Å²) in [6, 6.07) is -0.315. The lowest BCUT2D eigenvalue weighted by Gasteiger charge is -2.13. The largest absolute Gasteiger partial charge is 0.385 e. The van der Waals surface area contributed by atoms with Gasteiger partial charge in [-0.15, -0.1) is 0 Å². The molecule has 3 N–H and O–H groups in total. The van der Waals surface area contributed by atoms with Crippen molar-refractivity contribution in [2.24, 2.45) is 0 Å². The molecule has 1 atom stereocenters. The lowest BCUT2D eigenvalue weighted by atomic mass is 10.3. The molecule has 0 fully saturated rings. The van der Waals surface area contributed by atoms with Gasteiger partial charge < -0.3 is 25.4 Å². The second kappa shape index (κ2) is 12.8. The Morgan fingerprint density at radius 3 is 2.35 bits per heavy atom. The number of methoxy groups -OCH3 is 2. The van der Waals surface area contributed by atoms with Crippen LogP contribution < -0.4 is 16.0 Å². The quantitative estimate of drug-likeness (QED) is 0.412. The van der Waals surface area contributed by atoms with Gasteiger partial charge in [-0.2, -0.15) is 0 Å². The zero-order valence-corrected chi connectivity index (χ0v) is 12.7. The Labute approximate surface area is 120 Å². The number of carbonyl (C=O) groups excluding carboxylic acids is 2. The van der Waals surface area contributed by atoms with Crippen molar-refractivity contribution >= 4 is 11.8 Å². The van der Waals surface area contributed by atoms with Crippen LogP contribution in [0.2, 0.25) is 0 Å². The Morgan fingerprint density at radius 1 is 1.00 bits per heavy atom. The first-order chi connectivity index (χ1) is 9.61. The molecule has 0 aliphatic carbocycles. The molecule has 118 valence electrons. The number of hydrogen-bond donors (Lipinski definition) is 3. The van der Waals surface area contributed by atoms with Gasteiger partial charge in [-0.3, -0.25) is 9.59 Å². The fraction of sp³-hybridized carbons (Fsp3) is 0.846. The van der Waals surface area contributed by atoms with Crippen LogP contribution >= 0.6 is 0 Å². The van der Waals surface area contributed by atoms with Crippen molar-refractivity contribution in [3.05, 3.63) is 0 Å². The van der Waals surface area contributed by atoms with E-state index >= 15 is 0 Å². The fourth-order valence-electron chi connectivity index (χ4n) is 1.46. The van der Waals surface area contributed by atoms with Crippen molar-refractivity contribution in [1.29, 1.82) is 0 Å². The number of hydrogen-bond acceptors (Lipinski definition) is 5. The summed E-state index contributed by atoms with van der Waals surface area (Å²) in [5.41, 5.74) is 0. The van der Waals surface area contributed by atoms with Gasteiger partial charge >= 0.3 is 0 Å². The van der Waals surface area contributed by atoms with Gasteiger partial charge in [-0.1, -0.05) is 0 Å². The number of ether oxygens (including phenoxy) is 2. The Kier molecular flexibility index (Phi) is 12.1. The van der Waals surface area contributed by atoms with Gasteiger partial charge in [-0.25, -0.2) is 0 Å². The van der Waals surface area contributed by atoms with Crippen LogP contribution in [0.15, 0.2) is 0 Å². The molecule has 0 aliphatic heterocycles. The van der Waals surface area contributed by atoms with Crippen molar-refractivity contribution in [3.8, 4) is 0 Å². The van der Waals surface area contributed by atoms with Gasteiger partial charge in [0.1, 0.15) is 0 Å². The molecular weight excluding hydrogens is 262 g/mol. The van der Waals surface area contributed by atoms with Gasteiger partial charge in [0.2, 0.25) is 11.8 Å². The van der Waals surface area contributed by atoms with Crippen molar-refractivity contribution in [3.63, 3.8) is 0 Å². The van der Waals surface area contributed by atoms with Crippen molar-refractivity contribution < 1.29 is 19.1 Å². The Bertz CT molecular complexity index is 274. The maximum Gasteiger partial charge on any atom is 0.236 e. The van der Waals surface area contributed by atoms with E-state index < -0.39 is 0 Å². The summed E-state index contributed by atoms with van der Waals surface area (Å²) in [6.45, 7) is 4.46. The van der Waals surface area contributed by atoms with Crippen LogP contribution in [0.5, 0.6) is 0 Å². The molecule has 7 nitrogen and oxygen atoms in total. The van der Waals surface area contributed by atoms with Gasteiger partial charge in [0, 0.05) is 46.9 Å². The second-order valence-electron chi connectivity index (χ2n) is 4.41. The summed E-state index contributed by atoms with van der Waals surface area (Å²) in [7, 11) is 3.21. The standard InChI is InChI=1S/C13H27N3O4/c1-11(13(18)16-6-4-9-19-2)14-7-5-12(17)15-8-10-20-3/h11,14H,4-10H2,1-3H3,(H,15,17)(H,16,18). The summed E-state index contributed by atoms with van der Waals surface area (Å²) in [6.07, 6.45) is 1.13.